The minimum absolute atomic E-state index is 0.160. The van der Waals surface area contributed by atoms with Gasteiger partial charge in [0.15, 0.2) is 5.82 Å². The molecule has 96 valence electrons. The van der Waals surface area contributed by atoms with Gasteiger partial charge in [-0.3, -0.25) is 4.57 Å². The molecule has 1 aromatic heterocycles. The summed E-state index contributed by atoms with van der Waals surface area (Å²) in [5.41, 5.74) is 0.990. The fourth-order valence-electron chi connectivity index (χ4n) is 1.78. The Hall–Kier alpha value is -2.04. The summed E-state index contributed by atoms with van der Waals surface area (Å²) in [7, 11) is 3.75. The van der Waals surface area contributed by atoms with Gasteiger partial charge in [0.2, 0.25) is 5.95 Å². The molecular weight excluding hydrogens is 228 g/mol. The summed E-state index contributed by atoms with van der Waals surface area (Å²) >= 11 is 0. The number of benzene rings is 1. The average molecular weight is 246 g/mol. The zero-order valence-corrected chi connectivity index (χ0v) is 11.1. The van der Waals surface area contributed by atoms with Gasteiger partial charge in [0, 0.05) is 19.7 Å². The minimum atomic E-state index is 0.160. The van der Waals surface area contributed by atoms with E-state index < -0.39 is 0 Å². The Kier molecular flexibility index (Phi) is 3.50. The van der Waals surface area contributed by atoms with Crippen molar-refractivity contribution in [2.45, 2.75) is 20.0 Å². The third kappa shape index (κ3) is 2.45. The lowest BCUT2D eigenvalue weighted by Crippen LogP contribution is -2.05. The monoisotopic (exact) mass is 246 g/mol. The van der Waals surface area contributed by atoms with Crippen LogP contribution in [0.2, 0.25) is 0 Å². The number of anilines is 1. The van der Waals surface area contributed by atoms with Crippen molar-refractivity contribution in [1.82, 2.24) is 14.8 Å². The number of hydrogen-bond donors (Lipinski definition) is 1. The molecule has 0 amide bonds. The van der Waals surface area contributed by atoms with E-state index in [9.17, 15) is 0 Å². The maximum atomic E-state index is 5.68. The molecule has 0 spiro atoms. The molecule has 0 unspecified atom stereocenters. The van der Waals surface area contributed by atoms with Crippen molar-refractivity contribution in [3.05, 3.63) is 24.3 Å². The number of rotatable bonds is 4. The van der Waals surface area contributed by atoms with Crippen LogP contribution in [0.4, 0.5) is 5.95 Å². The molecule has 1 heterocycles. The van der Waals surface area contributed by atoms with Crippen LogP contribution in [0.25, 0.3) is 11.4 Å². The van der Waals surface area contributed by atoms with Gasteiger partial charge < -0.3 is 10.1 Å². The molecule has 0 aliphatic rings. The van der Waals surface area contributed by atoms with Crippen molar-refractivity contribution in [2.75, 3.05) is 12.4 Å². The van der Waals surface area contributed by atoms with Crippen LogP contribution in [0, 0.1) is 0 Å². The van der Waals surface area contributed by atoms with E-state index >= 15 is 0 Å². The van der Waals surface area contributed by atoms with E-state index in [2.05, 4.69) is 15.5 Å². The number of nitrogens with zero attached hydrogens (tertiary/aromatic N) is 3. The predicted molar refractivity (Wildman–Crippen MR) is 71.7 cm³/mol. The summed E-state index contributed by atoms with van der Waals surface area (Å²) in [4.78, 5) is 0. The Bertz CT molecular complexity index is 534. The smallest absolute Gasteiger partial charge is 0.224 e. The molecule has 5 heteroatoms. The molecule has 0 saturated heterocycles. The zero-order chi connectivity index (χ0) is 13.1. The van der Waals surface area contributed by atoms with Crippen molar-refractivity contribution in [2.24, 2.45) is 7.05 Å². The van der Waals surface area contributed by atoms with E-state index in [0.29, 0.717) is 0 Å². The molecule has 2 aromatic rings. The van der Waals surface area contributed by atoms with Crippen LogP contribution in [0.15, 0.2) is 24.3 Å². The lowest BCUT2D eigenvalue weighted by molar-refractivity contribution is 0.242. The normalized spacial score (nSPS) is 10.7. The fourth-order valence-corrected chi connectivity index (χ4v) is 1.78. The summed E-state index contributed by atoms with van der Waals surface area (Å²) in [5.74, 6) is 2.39. The molecule has 0 bridgehead atoms. The van der Waals surface area contributed by atoms with Gasteiger partial charge in [0.05, 0.1) is 6.10 Å². The number of aromatic nitrogens is 3. The number of ether oxygens (including phenoxy) is 1. The lowest BCUT2D eigenvalue weighted by Gasteiger charge is -2.10. The first-order valence-electron chi connectivity index (χ1n) is 5.96. The maximum absolute atomic E-state index is 5.68. The van der Waals surface area contributed by atoms with Gasteiger partial charge in [-0.05, 0) is 26.0 Å². The molecule has 5 nitrogen and oxygen atoms in total. The van der Waals surface area contributed by atoms with Crippen LogP contribution in [-0.4, -0.2) is 27.9 Å². The summed E-state index contributed by atoms with van der Waals surface area (Å²) in [6.07, 6.45) is 0.160. The molecule has 0 atom stereocenters. The highest BCUT2D eigenvalue weighted by atomic mass is 16.5. The van der Waals surface area contributed by atoms with Gasteiger partial charge in [-0.25, -0.2) is 0 Å². The Morgan fingerprint density at radius 3 is 2.67 bits per heavy atom. The zero-order valence-electron chi connectivity index (χ0n) is 11.1. The number of hydrogen-bond acceptors (Lipinski definition) is 4. The molecule has 0 radical (unpaired) electrons. The van der Waals surface area contributed by atoms with Crippen LogP contribution in [0.5, 0.6) is 5.75 Å². The second-order valence-corrected chi connectivity index (χ2v) is 4.35. The van der Waals surface area contributed by atoms with Gasteiger partial charge in [0.25, 0.3) is 0 Å². The predicted octanol–water partition coefficient (Wildman–Crippen LogP) is 2.31. The lowest BCUT2D eigenvalue weighted by atomic mass is 10.2. The van der Waals surface area contributed by atoms with Crippen molar-refractivity contribution >= 4 is 5.95 Å². The third-order valence-electron chi connectivity index (χ3n) is 2.56. The summed E-state index contributed by atoms with van der Waals surface area (Å²) in [6.45, 7) is 4.02. The van der Waals surface area contributed by atoms with Gasteiger partial charge in [-0.2, -0.15) is 0 Å². The molecule has 0 fully saturated rings. The second-order valence-electron chi connectivity index (χ2n) is 4.35. The Labute approximate surface area is 107 Å². The standard InChI is InChI=1S/C13H18N4O/c1-9(2)18-11-7-5-6-10(8-11)12-15-16-13(14-3)17(12)4/h5-9H,1-4H3,(H,14,16). The minimum Gasteiger partial charge on any atom is -0.491 e. The molecule has 0 aliphatic carbocycles. The highest BCUT2D eigenvalue weighted by Gasteiger charge is 2.10. The quantitative estimate of drug-likeness (QED) is 0.899. The SMILES string of the molecule is CNc1nnc(-c2cccc(OC(C)C)c2)n1C. The molecule has 1 N–H and O–H groups in total. The van der Waals surface area contributed by atoms with Crippen LogP contribution >= 0.6 is 0 Å². The van der Waals surface area contributed by atoms with Gasteiger partial charge in [0.1, 0.15) is 5.75 Å². The van der Waals surface area contributed by atoms with E-state index in [-0.39, 0.29) is 6.10 Å². The molecule has 2 rings (SSSR count). The Morgan fingerprint density at radius 1 is 1.28 bits per heavy atom. The fraction of sp³-hybridized carbons (Fsp3) is 0.385. The van der Waals surface area contributed by atoms with Crippen LogP contribution in [0.1, 0.15) is 13.8 Å². The summed E-state index contributed by atoms with van der Waals surface area (Å²) < 4.78 is 7.59. The molecule has 0 saturated carbocycles. The average Bonchev–Trinajstić information content (AvgIpc) is 2.70. The molecular formula is C13H18N4O. The number of nitrogens with one attached hydrogen (secondary N) is 1. The third-order valence-corrected chi connectivity index (χ3v) is 2.56. The van der Waals surface area contributed by atoms with Gasteiger partial charge in [-0.1, -0.05) is 12.1 Å². The van der Waals surface area contributed by atoms with Crippen LogP contribution in [-0.2, 0) is 7.05 Å². The molecule has 18 heavy (non-hydrogen) atoms. The summed E-state index contributed by atoms with van der Waals surface area (Å²) in [6, 6.07) is 7.87. The van der Waals surface area contributed by atoms with Gasteiger partial charge in [-0.15, -0.1) is 10.2 Å². The first kappa shape index (κ1) is 12.4. The van der Waals surface area contributed by atoms with E-state index in [1.54, 1.807) is 0 Å². The maximum Gasteiger partial charge on any atom is 0.224 e. The van der Waals surface area contributed by atoms with Gasteiger partial charge >= 0.3 is 0 Å². The van der Waals surface area contributed by atoms with E-state index in [0.717, 1.165) is 23.1 Å². The first-order chi connectivity index (χ1) is 8.61. The molecule has 1 aromatic carbocycles. The Morgan fingerprint density at radius 2 is 2.06 bits per heavy atom. The van der Waals surface area contributed by atoms with E-state index in [4.69, 9.17) is 4.74 Å². The van der Waals surface area contributed by atoms with Crippen molar-refractivity contribution in [3.8, 4) is 17.1 Å². The second kappa shape index (κ2) is 5.08. The topological polar surface area (TPSA) is 52.0 Å². The summed E-state index contributed by atoms with van der Waals surface area (Å²) in [5, 5.41) is 11.2. The van der Waals surface area contributed by atoms with Crippen molar-refractivity contribution < 1.29 is 4.74 Å². The first-order valence-corrected chi connectivity index (χ1v) is 5.96. The largest absolute Gasteiger partial charge is 0.491 e. The highest BCUT2D eigenvalue weighted by Crippen LogP contribution is 2.24. The molecule has 0 aliphatic heterocycles. The highest BCUT2D eigenvalue weighted by molar-refractivity contribution is 5.59. The van der Waals surface area contributed by atoms with Crippen molar-refractivity contribution in [1.29, 1.82) is 0 Å². The van der Waals surface area contributed by atoms with E-state index in [1.165, 1.54) is 0 Å². The van der Waals surface area contributed by atoms with Crippen LogP contribution in [0.3, 0.4) is 0 Å². The van der Waals surface area contributed by atoms with Crippen molar-refractivity contribution in [3.63, 3.8) is 0 Å². The van der Waals surface area contributed by atoms with E-state index in [1.807, 2.05) is 56.8 Å². The Balaban J connectivity index is 2.35. The van der Waals surface area contributed by atoms with Crippen LogP contribution < -0.4 is 10.1 Å².